The molecule has 0 fully saturated rings. The number of esters is 3. The predicted octanol–water partition coefficient (Wildman–Crippen LogP) is 4.59. The normalized spacial score (nSPS) is 11.6. The highest BCUT2D eigenvalue weighted by Crippen LogP contribution is 2.33. The van der Waals surface area contributed by atoms with Gasteiger partial charge in [0, 0.05) is 20.8 Å². The molecule has 6 heteroatoms. The first kappa shape index (κ1) is 22.6. The van der Waals surface area contributed by atoms with Crippen LogP contribution in [0, 0.1) is 0 Å². The zero-order chi connectivity index (χ0) is 22.1. The number of allylic oxidation sites excluding steroid dienone is 3. The van der Waals surface area contributed by atoms with Gasteiger partial charge in [0.25, 0.3) is 0 Å². The Kier molecular flexibility index (Phi) is 8.11. The average molecular weight is 408 g/mol. The summed E-state index contributed by atoms with van der Waals surface area (Å²) in [5, 5.41) is 0. The maximum atomic E-state index is 11.2. The van der Waals surface area contributed by atoms with E-state index in [1.165, 1.54) is 20.8 Å². The van der Waals surface area contributed by atoms with Crippen LogP contribution in [0.15, 0.2) is 60.7 Å². The molecule has 0 aliphatic heterocycles. The van der Waals surface area contributed by atoms with E-state index >= 15 is 0 Å². The van der Waals surface area contributed by atoms with Gasteiger partial charge in [-0.3, -0.25) is 14.4 Å². The Morgan fingerprint density at radius 2 is 1.13 bits per heavy atom. The highest BCUT2D eigenvalue weighted by molar-refractivity contribution is 6.05. The molecule has 2 aromatic rings. The molecule has 0 amide bonds. The highest BCUT2D eigenvalue weighted by atomic mass is 16.5. The van der Waals surface area contributed by atoms with Gasteiger partial charge in [-0.05, 0) is 59.5 Å². The third-order valence-electron chi connectivity index (χ3n) is 4.01. The standard InChI is InChI=1S/C24H24O6/c1-5-23(19-6-10-21(11-7-19)29-17(3)26)24(14-15-28-16(2)25)20-8-12-22(13-9-20)30-18(4)27/h5-14H,15H2,1-4H3. The average Bonchev–Trinajstić information content (AvgIpc) is 2.68. The van der Waals surface area contributed by atoms with E-state index in [4.69, 9.17) is 14.2 Å². The fraction of sp³-hybridized carbons (Fsp3) is 0.208. The highest BCUT2D eigenvalue weighted by Gasteiger charge is 2.12. The third-order valence-corrected chi connectivity index (χ3v) is 4.01. The maximum absolute atomic E-state index is 11.2. The minimum atomic E-state index is -0.393. The van der Waals surface area contributed by atoms with Crippen molar-refractivity contribution in [2.24, 2.45) is 0 Å². The quantitative estimate of drug-likeness (QED) is 0.379. The van der Waals surface area contributed by atoms with Crippen LogP contribution in [0.25, 0.3) is 11.1 Å². The van der Waals surface area contributed by atoms with Crippen molar-refractivity contribution in [2.75, 3.05) is 6.61 Å². The molecule has 0 aromatic heterocycles. The molecular formula is C24H24O6. The number of benzene rings is 2. The molecule has 6 nitrogen and oxygen atoms in total. The zero-order valence-electron chi connectivity index (χ0n) is 17.4. The number of hydrogen-bond acceptors (Lipinski definition) is 6. The van der Waals surface area contributed by atoms with Crippen LogP contribution >= 0.6 is 0 Å². The van der Waals surface area contributed by atoms with Crippen molar-refractivity contribution in [3.63, 3.8) is 0 Å². The summed E-state index contributed by atoms with van der Waals surface area (Å²) in [6, 6.07) is 14.2. The fourth-order valence-electron chi connectivity index (χ4n) is 2.84. The molecule has 0 spiro atoms. The minimum Gasteiger partial charge on any atom is -0.462 e. The Labute approximate surface area is 175 Å². The summed E-state index contributed by atoms with van der Waals surface area (Å²) in [4.78, 5) is 33.5. The van der Waals surface area contributed by atoms with Gasteiger partial charge in [0.1, 0.15) is 18.1 Å². The van der Waals surface area contributed by atoms with Crippen LogP contribution in [0.4, 0.5) is 0 Å². The molecule has 0 unspecified atom stereocenters. The van der Waals surface area contributed by atoms with Gasteiger partial charge in [-0.25, -0.2) is 0 Å². The van der Waals surface area contributed by atoms with Crippen LogP contribution < -0.4 is 9.47 Å². The summed E-state index contributed by atoms with van der Waals surface area (Å²) in [7, 11) is 0. The van der Waals surface area contributed by atoms with Gasteiger partial charge in [-0.1, -0.05) is 30.3 Å². The number of rotatable bonds is 7. The smallest absolute Gasteiger partial charge is 0.308 e. The Morgan fingerprint density at radius 1 is 0.700 bits per heavy atom. The molecule has 0 saturated heterocycles. The molecular weight excluding hydrogens is 384 g/mol. The molecule has 30 heavy (non-hydrogen) atoms. The second-order valence-electron chi connectivity index (χ2n) is 6.36. The van der Waals surface area contributed by atoms with Crippen LogP contribution in [-0.2, 0) is 19.1 Å². The first-order chi connectivity index (χ1) is 14.3. The van der Waals surface area contributed by atoms with Crippen LogP contribution in [0.3, 0.4) is 0 Å². The molecule has 0 heterocycles. The Hall–Kier alpha value is -3.67. The van der Waals surface area contributed by atoms with E-state index in [1.807, 2.05) is 43.3 Å². The molecule has 0 radical (unpaired) electrons. The lowest BCUT2D eigenvalue weighted by molar-refractivity contribution is -0.139. The summed E-state index contributed by atoms with van der Waals surface area (Å²) in [5.41, 5.74) is 3.49. The van der Waals surface area contributed by atoms with Crippen LogP contribution in [-0.4, -0.2) is 24.5 Å². The molecule has 0 bridgehead atoms. The van der Waals surface area contributed by atoms with Crippen LogP contribution in [0.5, 0.6) is 11.5 Å². The molecule has 0 saturated carbocycles. The van der Waals surface area contributed by atoms with E-state index in [2.05, 4.69) is 0 Å². The van der Waals surface area contributed by atoms with Crippen LogP contribution in [0.2, 0.25) is 0 Å². The number of carbonyl (C=O) groups is 3. The molecule has 2 rings (SSSR count). The molecule has 0 aliphatic carbocycles. The lowest BCUT2D eigenvalue weighted by Crippen LogP contribution is -2.02. The van der Waals surface area contributed by atoms with Gasteiger partial charge in [0.15, 0.2) is 0 Å². The van der Waals surface area contributed by atoms with Crippen molar-refractivity contribution in [3.05, 3.63) is 71.8 Å². The van der Waals surface area contributed by atoms with Crippen molar-refractivity contribution in [3.8, 4) is 11.5 Å². The van der Waals surface area contributed by atoms with Gasteiger partial charge >= 0.3 is 17.9 Å². The Balaban J connectivity index is 2.40. The van der Waals surface area contributed by atoms with Gasteiger partial charge in [0.05, 0.1) is 0 Å². The monoisotopic (exact) mass is 408 g/mol. The summed E-state index contributed by atoms with van der Waals surface area (Å²) in [6.07, 6.45) is 3.76. The molecule has 156 valence electrons. The summed E-state index contributed by atoms with van der Waals surface area (Å²) >= 11 is 0. The number of hydrogen-bond donors (Lipinski definition) is 0. The van der Waals surface area contributed by atoms with E-state index in [-0.39, 0.29) is 18.5 Å². The minimum absolute atomic E-state index is 0.110. The van der Waals surface area contributed by atoms with Gasteiger partial charge in [0.2, 0.25) is 0 Å². The number of carbonyl (C=O) groups excluding carboxylic acids is 3. The van der Waals surface area contributed by atoms with E-state index < -0.39 is 5.97 Å². The fourth-order valence-corrected chi connectivity index (χ4v) is 2.84. The largest absolute Gasteiger partial charge is 0.462 e. The van der Waals surface area contributed by atoms with Crippen molar-refractivity contribution in [1.29, 1.82) is 0 Å². The lowest BCUT2D eigenvalue weighted by atomic mass is 9.91. The topological polar surface area (TPSA) is 78.9 Å². The maximum Gasteiger partial charge on any atom is 0.308 e. The van der Waals surface area contributed by atoms with Crippen molar-refractivity contribution >= 4 is 29.1 Å². The Bertz CT molecular complexity index is 966. The van der Waals surface area contributed by atoms with Gasteiger partial charge < -0.3 is 14.2 Å². The van der Waals surface area contributed by atoms with Gasteiger partial charge in [-0.2, -0.15) is 0 Å². The summed E-state index contributed by atoms with van der Waals surface area (Å²) in [6.45, 7) is 6.06. The first-order valence-corrected chi connectivity index (χ1v) is 9.38. The van der Waals surface area contributed by atoms with Gasteiger partial charge in [-0.15, -0.1) is 0 Å². The molecule has 0 atom stereocenters. The van der Waals surface area contributed by atoms with E-state index in [0.29, 0.717) is 11.5 Å². The van der Waals surface area contributed by atoms with Crippen molar-refractivity contribution in [1.82, 2.24) is 0 Å². The SMILES string of the molecule is CC=C(C(=CCOC(C)=O)c1ccc(OC(C)=O)cc1)c1ccc(OC(C)=O)cc1. The van der Waals surface area contributed by atoms with E-state index in [9.17, 15) is 14.4 Å². The number of ether oxygens (including phenoxy) is 3. The van der Waals surface area contributed by atoms with Crippen LogP contribution in [0.1, 0.15) is 38.8 Å². The zero-order valence-corrected chi connectivity index (χ0v) is 17.4. The summed E-state index contributed by atoms with van der Waals surface area (Å²) < 4.78 is 15.3. The molecule has 0 aliphatic rings. The lowest BCUT2D eigenvalue weighted by Gasteiger charge is -2.15. The second-order valence-corrected chi connectivity index (χ2v) is 6.36. The molecule has 2 aromatic carbocycles. The van der Waals surface area contributed by atoms with E-state index in [0.717, 1.165) is 22.3 Å². The predicted molar refractivity (Wildman–Crippen MR) is 114 cm³/mol. The van der Waals surface area contributed by atoms with Crippen molar-refractivity contribution in [2.45, 2.75) is 27.7 Å². The second kappa shape index (κ2) is 10.8. The molecule has 0 N–H and O–H groups in total. The summed E-state index contributed by atoms with van der Waals surface area (Å²) in [5.74, 6) is -0.251. The third kappa shape index (κ3) is 6.74. The Morgan fingerprint density at radius 3 is 1.50 bits per heavy atom. The first-order valence-electron chi connectivity index (χ1n) is 9.38. The van der Waals surface area contributed by atoms with E-state index in [1.54, 1.807) is 24.3 Å². The van der Waals surface area contributed by atoms with Crippen molar-refractivity contribution < 1.29 is 28.6 Å².